The van der Waals surface area contributed by atoms with Gasteiger partial charge in [0.1, 0.15) is 0 Å². The number of nitrogens with zero attached hydrogens (tertiary/aromatic N) is 1. The number of carbonyl (C=O) groups excluding carboxylic acids is 1. The zero-order valence-corrected chi connectivity index (χ0v) is 11.4. The minimum atomic E-state index is -4.31. The lowest BCUT2D eigenvalue weighted by molar-refractivity contribution is -0.144. The molecule has 116 valence electrons. The van der Waals surface area contributed by atoms with Crippen molar-refractivity contribution in [2.75, 3.05) is 13.2 Å². The van der Waals surface area contributed by atoms with Crippen LogP contribution in [0.5, 0.6) is 0 Å². The van der Waals surface area contributed by atoms with Crippen molar-refractivity contribution >= 4 is 5.91 Å². The molecule has 1 saturated heterocycles. The number of hydrogen-bond acceptors (Lipinski definition) is 3. The molecule has 1 aromatic rings. The Balaban J connectivity index is 1.83. The van der Waals surface area contributed by atoms with Gasteiger partial charge < -0.3 is 10.1 Å². The Bertz CT molecular complexity index is 465. The first-order valence-electron chi connectivity index (χ1n) is 6.77. The Morgan fingerprint density at radius 2 is 2.05 bits per heavy atom. The summed E-state index contributed by atoms with van der Waals surface area (Å²) in [6, 6.07) is 3.51. The van der Waals surface area contributed by atoms with E-state index in [4.69, 9.17) is 4.74 Å². The van der Waals surface area contributed by atoms with E-state index in [0.29, 0.717) is 19.6 Å². The summed E-state index contributed by atoms with van der Waals surface area (Å²) >= 11 is 0. The molecule has 0 radical (unpaired) electrons. The van der Waals surface area contributed by atoms with Crippen LogP contribution in [0.25, 0.3) is 0 Å². The van der Waals surface area contributed by atoms with E-state index in [0.717, 1.165) is 5.56 Å². The summed E-state index contributed by atoms with van der Waals surface area (Å²) < 4.78 is 41.6. The number of nitrogens with one attached hydrogen (secondary N) is 1. The first-order valence-corrected chi connectivity index (χ1v) is 6.77. The van der Waals surface area contributed by atoms with Crippen LogP contribution in [0.4, 0.5) is 13.2 Å². The van der Waals surface area contributed by atoms with Gasteiger partial charge in [-0.1, -0.05) is 0 Å². The van der Waals surface area contributed by atoms with E-state index in [1.54, 1.807) is 12.4 Å². The number of alkyl halides is 3. The Morgan fingerprint density at radius 3 is 2.71 bits per heavy atom. The smallest absolute Gasteiger partial charge is 0.379 e. The van der Waals surface area contributed by atoms with Crippen molar-refractivity contribution in [2.45, 2.75) is 31.5 Å². The average Bonchev–Trinajstić information content (AvgIpc) is 2.84. The second-order valence-electron chi connectivity index (χ2n) is 5.15. The molecule has 1 aliphatic heterocycles. The molecule has 0 aliphatic carbocycles. The fraction of sp³-hybridized carbons (Fsp3) is 0.571. The number of pyridine rings is 1. The van der Waals surface area contributed by atoms with Crippen molar-refractivity contribution < 1.29 is 22.7 Å². The number of halogens is 3. The summed E-state index contributed by atoms with van der Waals surface area (Å²) in [4.78, 5) is 15.5. The van der Waals surface area contributed by atoms with E-state index in [1.807, 2.05) is 12.1 Å². The van der Waals surface area contributed by atoms with Crippen LogP contribution < -0.4 is 5.32 Å². The van der Waals surface area contributed by atoms with Crippen LogP contribution >= 0.6 is 0 Å². The molecule has 0 spiro atoms. The van der Waals surface area contributed by atoms with E-state index < -0.39 is 24.9 Å². The molecular weight excluding hydrogens is 285 g/mol. The normalized spacial score (nSPS) is 22.2. The minimum absolute atomic E-state index is 0.0715. The highest BCUT2D eigenvalue weighted by Crippen LogP contribution is 2.22. The second kappa shape index (κ2) is 6.89. The molecule has 1 aromatic heterocycles. The zero-order chi connectivity index (χ0) is 15.3. The van der Waals surface area contributed by atoms with Crippen LogP contribution in [0.15, 0.2) is 24.5 Å². The van der Waals surface area contributed by atoms with E-state index in [2.05, 4.69) is 10.3 Å². The van der Waals surface area contributed by atoms with Crippen molar-refractivity contribution in [3.63, 3.8) is 0 Å². The van der Waals surface area contributed by atoms with Gasteiger partial charge in [0.15, 0.2) is 0 Å². The summed E-state index contributed by atoms with van der Waals surface area (Å²) in [6.45, 7) is 0.833. The van der Waals surface area contributed by atoms with Crippen molar-refractivity contribution in [1.29, 1.82) is 0 Å². The molecule has 0 saturated carbocycles. The maximum Gasteiger partial charge on any atom is 0.389 e. The molecule has 0 unspecified atom stereocenters. The number of hydrogen-bond donors (Lipinski definition) is 1. The van der Waals surface area contributed by atoms with E-state index in [9.17, 15) is 18.0 Å². The third-order valence-electron chi connectivity index (χ3n) is 3.43. The summed E-state index contributed by atoms with van der Waals surface area (Å²) in [7, 11) is 0. The van der Waals surface area contributed by atoms with Crippen LogP contribution in [-0.4, -0.2) is 36.3 Å². The number of carbonyl (C=O) groups is 1. The van der Waals surface area contributed by atoms with Crippen molar-refractivity contribution in [3.8, 4) is 0 Å². The fourth-order valence-corrected chi connectivity index (χ4v) is 2.32. The van der Waals surface area contributed by atoms with Gasteiger partial charge in [0, 0.05) is 24.7 Å². The molecule has 1 fully saturated rings. The molecule has 7 heteroatoms. The lowest BCUT2D eigenvalue weighted by atomic mass is 9.95. The largest absolute Gasteiger partial charge is 0.389 e. The molecule has 0 aromatic carbocycles. The Hall–Kier alpha value is -1.63. The third-order valence-corrected chi connectivity index (χ3v) is 3.43. The fourth-order valence-electron chi connectivity index (χ4n) is 2.32. The van der Waals surface area contributed by atoms with E-state index in [-0.39, 0.29) is 12.0 Å². The van der Waals surface area contributed by atoms with Gasteiger partial charge in [0.05, 0.1) is 25.7 Å². The highest BCUT2D eigenvalue weighted by atomic mass is 19.4. The SMILES string of the molecule is O=C(CCC(F)(F)F)N[C@H]1COC[C@H]1Cc1ccncc1. The van der Waals surface area contributed by atoms with Gasteiger partial charge in [-0.05, 0) is 24.1 Å². The number of rotatable bonds is 5. The molecule has 2 rings (SSSR count). The minimum Gasteiger partial charge on any atom is -0.379 e. The molecule has 21 heavy (non-hydrogen) atoms. The second-order valence-corrected chi connectivity index (χ2v) is 5.15. The molecule has 2 atom stereocenters. The molecule has 1 amide bonds. The van der Waals surface area contributed by atoms with Gasteiger partial charge in [0.2, 0.25) is 5.91 Å². The topological polar surface area (TPSA) is 51.2 Å². The Labute approximate surface area is 120 Å². The molecule has 2 heterocycles. The van der Waals surface area contributed by atoms with E-state index >= 15 is 0 Å². The third kappa shape index (κ3) is 5.34. The lowest BCUT2D eigenvalue weighted by Gasteiger charge is -2.19. The predicted octanol–water partition coefficient (Wildman–Crippen LogP) is 2.10. The van der Waals surface area contributed by atoms with Gasteiger partial charge in [-0.3, -0.25) is 9.78 Å². The summed E-state index contributed by atoms with van der Waals surface area (Å²) in [6.07, 6.45) is -1.87. The number of aromatic nitrogens is 1. The van der Waals surface area contributed by atoms with Crippen LogP contribution in [0, 0.1) is 5.92 Å². The standard InChI is InChI=1S/C14H17F3N2O2/c15-14(16,17)4-1-13(20)19-12-9-21-8-11(12)7-10-2-5-18-6-3-10/h2-3,5-6,11-12H,1,4,7-9H2,(H,19,20)/t11-,12+/m1/s1. The van der Waals surface area contributed by atoms with Gasteiger partial charge in [-0.25, -0.2) is 0 Å². The summed E-state index contributed by atoms with van der Waals surface area (Å²) in [5.74, 6) is -0.509. The van der Waals surface area contributed by atoms with Crippen molar-refractivity contribution in [1.82, 2.24) is 10.3 Å². The Kier molecular flexibility index (Phi) is 5.17. The molecular formula is C14H17F3N2O2. The zero-order valence-electron chi connectivity index (χ0n) is 11.4. The Morgan fingerprint density at radius 1 is 1.33 bits per heavy atom. The van der Waals surface area contributed by atoms with Crippen molar-refractivity contribution in [2.24, 2.45) is 5.92 Å². The van der Waals surface area contributed by atoms with Crippen LogP contribution in [0.1, 0.15) is 18.4 Å². The number of ether oxygens (including phenoxy) is 1. The van der Waals surface area contributed by atoms with Crippen LogP contribution in [0.2, 0.25) is 0 Å². The maximum atomic E-state index is 12.1. The highest BCUT2D eigenvalue weighted by Gasteiger charge is 2.32. The van der Waals surface area contributed by atoms with Crippen LogP contribution in [0.3, 0.4) is 0 Å². The summed E-state index contributed by atoms with van der Waals surface area (Å²) in [5, 5.41) is 2.64. The molecule has 1 aliphatic rings. The maximum absolute atomic E-state index is 12.1. The quantitative estimate of drug-likeness (QED) is 0.906. The molecule has 4 nitrogen and oxygen atoms in total. The van der Waals surface area contributed by atoms with Gasteiger partial charge in [0.25, 0.3) is 0 Å². The number of amides is 1. The monoisotopic (exact) mass is 302 g/mol. The van der Waals surface area contributed by atoms with Gasteiger partial charge in [-0.15, -0.1) is 0 Å². The molecule has 1 N–H and O–H groups in total. The highest BCUT2D eigenvalue weighted by molar-refractivity contribution is 5.76. The lowest BCUT2D eigenvalue weighted by Crippen LogP contribution is -2.40. The molecule has 0 bridgehead atoms. The van der Waals surface area contributed by atoms with E-state index in [1.165, 1.54) is 0 Å². The van der Waals surface area contributed by atoms with Gasteiger partial charge >= 0.3 is 6.18 Å². The van der Waals surface area contributed by atoms with Crippen LogP contribution in [-0.2, 0) is 16.0 Å². The predicted molar refractivity (Wildman–Crippen MR) is 69.5 cm³/mol. The summed E-state index contributed by atoms with van der Waals surface area (Å²) in [5.41, 5.74) is 1.06. The van der Waals surface area contributed by atoms with Gasteiger partial charge in [-0.2, -0.15) is 13.2 Å². The first-order chi connectivity index (χ1) is 9.94. The van der Waals surface area contributed by atoms with Crippen molar-refractivity contribution in [3.05, 3.63) is 30.1 Å². The first kappa shape index (κ1) is 15.8. The average molecular weight is 302 g/mol.